The molecule has 0 bridgehead atoms. The maximum Gasteiger partial charge on any atom is 0.243 e. The average Bonchev–Trinajstić information content (AvgIpc) is 2.98. The maximum absolute atomic E-state index is 13.9. The number of nitrogens with zero attached hydrogens (tertiary/aromatic N) is 3. The number of sulfonamides is 1. The number of piperidine rings is 1. The third kappa shape index (κ3) is 8.80. The maximum atomic E-state index is 13.9. The number of likely N-dealkylation sites (tertiary alicyclic amines) is 1. The van der Waals surface area contributed by atoms with E-state index in [1.807, 2.05) is 41.0 Å². The molecule has 0 spiro atoms. The second kappa shape index (κ2) is 15.8. The van der Waals surface area contributed by atoms with Gasteiger partial charge < -0.3 is 14.5 Å². The van der Waals surface area contributed by atoms with Crippen molar-refractivity contribution >= 4 is 21.8 Å². The van der Waals surface area contributed by atoms with Crippen LogP contribution in [0.4, 0.5) is 0 Å². The minimum Gasteiger partial charge on any atom is -0.497 e. The lowest BCUT2D eigenvalue weighted by Gasteiger charge is -2.39. The normalized spacial score (nSPS) is 14.3. The molecule has 1 aliphatic rings. The molecule has 1 saturated heterocycles. The molecule has 9 heteroatoms. The highest BCUT2D eigenvalue weighted by Gasteiger charge is 2.33. The lowest BCUT2D eigenvalue weighted by molar-refractivity contribution is -0.137. The summed E-state index contributed by atoms with van der Waals surface area (Å²) in [4.78, 5) is 30.5. The number of unbranched alkanes of at least 4 members (excludes halogenated alkanes) is 3. The highest BCUT2D eigenvalue weighted by atomic mass is 32.2. The van der Waals surface area contributed by atoms with Crippen LogP contribution in [0.2, 0.25) is 0 Å². The Kier molecular flexibility index (Phi) is 12.5. The molecule has 1 aliphatic heterocycles. The largest absolute Gasteiger partial charge is 0.497 e. The lowest BCUT2D eigenvalue weighted by atomic mass is 10.0. The Morgan fingerprint density at radius 1 is 0.925 bits per heavy atom. The number of methoxy groups -OCH3 is 1. The zero-order chi connectivity index (χ0) is 29.0. The number of benzene rings is 2. The second-order valence-corrected chi connectivity index (χ2v) is 12.4. The smallest absolute Gasteiger partial charge is 0.243 e. The van der Waals surface area contributed by atoms with E-state index < -0.39 is 10.0 Å². The van der Waals surface area contributed by atoms with Gasteiger partial charge in [0.15, 0.2) is 0 Å². The van der Waals surface area contributed by atoms with Crippen LogP contribution >= 0.6 is 0 Å². The monoisotopic (exact) mass is 571 g/mol. The quantitative estimate of drug-likeness (QED) is 0.278. The third-order valence-corrected chi connectivity index (χ3v) is 9.36. The fraction of sp³-hybridized carbons (Fsp3) is 0.548. The van der Waals surface area contributed by atoms with Crippen LogP contribution in [0.15, 0.2) is 59.5 Å². The van der Waals surface area contributed by atoms with Gasteiger partial charge in [0, 0.05) is 38.6 Å². The molecule has 2 aromatic rings. The molecule has 0 N–H and O–H groups in total. The minimum atomic E-state index is -3.82. The third-order valence-electron chi connectivity index (χ3n) is 7.50. The number of hydrogen-bond donors (Lipinski definition) is 0. The van der Waals surface area contributed by atoms with Crippen LogP contribution < -0.4 is 4.74 Å². The fourth-order valence-electron chi connectivity index (χ4n) is 5.15. The zero-order valence-corrected chi connectivity index (χ0v) is 25.1. The second-order valence-electron chi connectivity index (χ2n) is 10.4. The molecule has 0 unspecified atom stereocenters. The van der Waals surface area contributed by atoms with Crippen molar-refractivity contribution in [1.29, 1.82) is 0 Å². The van der Waals surface area contributed by atoms with E-state index in [2.05, 4.69) is 6.92 Å². The van der Waals surface area contributed by atoms with E-state index in [0.29, 0.717) is 45.3 Å². The van der Waals surface area contributed by atoms with Crippen LogP contribution in [0.25, 0.3) is 0 Å². The highest BCUT2D eigenvalue weighted by molar-refractivity contribution is 7.89. The van der Waals surface area contributed by atoms with Crippen molar-refractivity contribution in [3.05, 3.63) is 60.2 Å². The van der Waals surface area contributed by atoms with Crippen LogP contribution in [-0.4, -0.2) is 73.7 Å². The molecule has 0 aromatic heterocycles. The Bertz CT molecular complexity index is 1160. The van der Waals surface area contributed by atoms with Gasteiger partial charge in [-0.3, -0.25) is 9.59 Å². The molecule has 220 valence electrons. The molecule has 0 atom stereocenters. The number of hydrogen-bond acceptors (Lipinski definition) is 5. The number of amides is 2. The number of carbonyl (C=O) groups is 2. The average molecular weight is 572 g/mol. The SMILES string of the molecule is CCCCCCC(=O)N1CCC(N(Cc2ccc(OC)cc2)C(=O)CN(CCC)S(=O)(=O)c2ccccc2)CC1. The van der Waals surface area contributed by atoms with Crippen LogP contribution in [0.5, 0.6) is 5.75 Å². The first-order valence-corrected chi connectivity index (χ1v) is 16.0. The van der Waals surface area contributed by atoms with Gasteiger partial charge in [0.2, 0.25) is 21.8 Å². The summed E-state index contributed by atoms with van der Waals surface area (Å²) in [6.45, 7) is 5.66. The Morgan fingerprint density at radius 2 is 1.60 bits per heavy atom. The highest BCUT2D eigenvalue weighted by Crippen LogP contribution is 2.23. The molecule has 0 aliphatic carbocycles. The van der Waals surface area contributed by atoms with E-state index in [1.54, 1.807) is 37.4 Å². The van der Waals surface area contributed by atoms with Gasteiger partial charge in [-0.25, -0.2) is 8.42 Å². The molecule has 1 fully saturated rings. The van der Waals surface area contributed by atoms with E-state index >= 15 is 0 Å². The molecular formula is C31H45N3O5S. The standard InChI is InChI=1S/C31H45N3O5S/c1-4-6-7-11-14-30(35)32-22-19-27(20-23-32)34(24-26-15-17-28(39-3)18-16-26)31(36)25-33(21-5-2)40(37,38)29-12-9-8-10-13-29/h8-10,12-13,15-18,27H,4-7,11,14,19-25H2,1-3H3. The van der Waals surface area contributed by atoms with E-state index in [-0.39, 0.29) is 35.8 Å². The summed E-state index contributed by atoms with van der Waals surface area (Å²) in [7, 11) is -2.21. The van der Waals surface area contributed by atoms with Crippen LogP contribution in [0.1, 0.15) is 70.8 Å². The molecule has 40 heavy (non-hydrogen) atoms. The van der Waals surface area contributed by atoms with Gasteiger partial charge in [0.25, 0.3) is 0 Å². The van der Waals surface area contributed by atoms with Crippen molar-refractivity contribution in [2.24, 2.45) is 0 Å². The topological polar surface area (TPSA) is 87.2 Å². The first kappa shape index (κ1) is 31.6. The Labute approximate surface area is 240 Å². The lowest BCUT2D eigenvalue weighted by Crippen LogP contribution is -2.51. The van der Waals surface area contributed by atoms with Crippen molar-refractivity contribution in [3.63, 3.8) is 0 Å². The summed E-state index contributed by atoms with van der Waals surface area (Å²) >= 11 is 0. The van der Waals surface area contributed by atoms with Gasteiger partial charge >= 0.3 is 0 Å². The van der Waals surface area contributed by atoms with Gasteiger partial charge in [-0.1, -0.05) is 63.4 Å². The van der Waals surface area contributed by atoms with Gasteiger partial charge in [0.05, 0.1) is 18.6 Å². The first-order valence-electron chi connectivity index (χ1n) is 14.6. The summed E-state index contributed by atoms with van der Waals surface area (Å²) in [5.74, 6) is 0.689. The van der Waals surface area contributed by atoms with Crippen molar-refractivity contribution in [2.75, 3.05) is 33.3 Å². The summed E-state index contributed by atoms with van der Waals surface area (Å²) in [5, 5.41) is 0. The molecular weight excluding hydrogens is 526 g/mol. The summed E-state index contributed by atoms with van der Waals surface area (Å²) < 4.78 is 33.4. The van der Waals surface area contributed by atoms with Gasteiger partial charge in [-0.05, 0) is 55.5 Å². The molecule has 3 rings (SSSR count). The molecule has 2 aromatic carbocycles. The number of carbonyl (C=O) groups excluding carboxylic acids is 2. The van der Waals surface area contributed by atoms with Crippen molar-refractivity contribution in [1.82, 2.24) is 14.1 Å². The van der Waals surface area contributed by atoms with Crippen LogP contribution in [-0.2, 0) is 26.2 Å². The summed E-state index contributed by atoms with van der Waals surface area (Å²) in [6, 6.07) is 15.8. The Morgan fingerprint density at radius 3 is 2.20 bits per heavy atom. The fourth-order valence-corrected chi connectivity index (χ4v) is 6.66. The Hall–Kier alpha value is -2.91. The predicted molar refractivity (Wildman–Crippen MR) is 157 cm³/mol. The number of rotatable bonds is 15. The minimum absolute atomic E-state index is 0.0818. The summed E-state index contributed by atoms with van der Waals surface area (Å²) in [6.07, 6.45) is 6.77. The van der Waals surface area contributed by atoms with Gasteiger partial charge in [0.1, 0.15) is 5.75 Å². The summed E-state index contributed by atoms with van der Waals surface area (Å²) in [5.41, 5.74) is 0.941. The molecule has 2 amide bonds. The predicted octanol–water partition coefficient (Wildman–Crippen LogP) is 5.09. The molecule has 8 nitrogen and oxygen atoms in total. The van der Waals surface area contributed by atoms with Crippen molar-refractivity contribution < 1.29 is 22.7 Å². The Balaban J connectivity index is 1.76. The molecule has 1 heterocycles. The first-order chi connectivity index (χ1) is 19.3. The number of ether oxygens (including phenoxy) is 1. The van der Waals surface area contributed by atoms with Crippen molar-refractivity contribution in [2.45, 2.75) is 82.7 Å². The van der Waals surface area contributed by atoms with Crippen LogP contribution in [0, 0.1) is 0 Å². The van der Waals surface area contributed by atoms with E-state index in [1.165, 1.54) is 4.31 Å². The van der Waals surface area contributed by atoms with E-state index in [4.69, 9.17) is 4.74 Å². The zero-order valence-electron chi connectivity index (χ0n) is 24.3. The van der Waals surface area contributed by atoms with E-state index in [0.717, 1.165) is 37.0 Å². The molecule has 0 radical (unpaired) electrons. The molecule has 0 saturated carbocycles. The van der Waals surface area contributed by atoms with Gasteiger partial charge in [-0.15, -0.1) is 0 Å². The van der Waals surface area contributed by atoms with Crippen LogP contribution in [0.3, 0.4) is 0 Å². The van der Waals surface area contributed by atoms with E-state index in [9.17, 15) is 18.0 Å². The van der Waals surface area contributed by atoms with Gasteiger partial charge in [-0.2, -0.15) is 4.31 Å². The van der Waals surface area contributed by atoms with Crippen molar-refractivity contribution in [3.8, 4) is 5.75 Å².